The second-order valence-corrected chi connectivity index (χ2v) is 5.01. The number of nitrogens with one attached hydrogen (secondary N) is 1. The van der Waals surface area contributed by atoms with Gasteiger partial charge in [0, 0.05) is 12.2 Å². The van der Waals surface area contributed by atoms with Crippen LogP contribution in [0.1, 0.15) is 16.7 Å². The van der Waals surface area contributed by atoms with E-state index in [1.807, 2.05) is 24.3 Å². The molecule has 3 rings (SSSR count). The largest absolute Gasteiger partial charge is 0.381 e. The summed E-state index contributed by atoms with van der Waals surface area (Å²) in [7, 11) is 0. The maximum Gasteiger partial charge on any atom is 0.143 e. The van der Waals surface area contributed by atoms with E-state index in [-0.39, 0.29) is 0 Å². The summed E-state index contributed by atoms with van der Waals surface area (Å²) in [6.07, 6.45) is 1.58. The standard InChI is InChI=1S/C16H17N5/c1-12-4-3-5-14(13(12)2)10-17-15-6-8-16(9-7-15)21-11-18-19-20-21/h3-9,11,17H,10H2,1-2H3. The molecule has 1 aromatic heterocycles. The van der Waals surface area contributed by atoms with E-state index in [2.05, 4.69) is 52.9 Å². The summed E-state index contributed by atoms with van der Waals surface area (Å²) in [6, 6.07) is 14.4. The van der Waals surface area contributed by atoms with Crippen molar-refractivity contribution >= 4 is 5.69 Å². The van der Waals surface area contributed by atoms with E-state index in [1.165, 1.54) is 16.7 Å². The van der Waals surface area contributed by atoms with Gasteiger partial charge in [0.15, 0.2) is 0 Å². The van der Waals surface area contributed by atoms with Crippen LogP contribution in [0.15, 0.2) is 48.8 Å². The van der Waals surface area contributed by atoms with E-state index >= 15 is 0 Å². The highest BCUT2D eigenvalue weighted by atomic mass is 15.5. The normalized spacial score (nSPS) is 10.6. The average Bonchev–Trinajstić information content (AvgIpc) is 3.04. The van der Waals surface area contributed by atoms with Gasteiger partial charge >= 0.3 is 0 Å². The minimum atomic E-state index is 0.817. The third-order valence-corrected chi connectivity index (χ3v) is 3.68. The second-order valence-electron chi connectivity index (χ2n) is 5.01. The maximum absolute atomic E-state index is 3.87. The smallest absolute Gasteiger partial charge is 0.143 e. The molecule has 0 fully saturated rings. The van der Waals surface area contributed by atoms with Crippen molar-refractivity contribution in [2.45, 2.75) is 20.4 Å². The highest BCUT2D eigenvalue weighted by Crippen LogP contribution is 2.16. The lowest BCUT2D eigenvalue weighted by Gasteiger charge is -2.11. The number of hydrogen-bond donors (Lipinski definition) is 1. The predicted molar refractivity (Wildman–Crippen MR) is 82.4 cm³/mol. The lowest BCUT2D eigenvalue weighted by atomic mass is 10.0. The molecule has 0 atom stereocenters. The van der Waals surface area contributed by atoms with Crippen LogP contribution in [-0.2, 0) is 6.54 Å². The third kappa shape index (κ3) is 2.91. The number of hydrogen-bond acceptors (Lipinski definition) is 4. The van der Waals surface area contributed by atoms with E-state index in [1.54, 1.807) is 11.0 Å². The Hall–Kier alpha value is -2.69. The van der Waals surface area contributed by atoms with Crippen LogP contribution in [0.2, 0.25) is 0 Å². The van der Waals surface area contributed by atoms with Crippen LogP contribution in [-0.4, -0.2) is 20.2 Å². The van der Waals surface area contributed by atoms with Gasteiger partial charge in [-0.25, -0.2) is 4.68 Å². The molecular weight excluding hydrogens is 262 g/mol. The van der Waals surface area contributed by atoms with Crippen LogP contribution in [0.3, 0.4) is 0 Å². The first-order valence-corrected chi connectivity index (χ1v) is 6.86. The van der Waals surface area contributed by atoms with Gasteiger partial charge in [-0.2, -0.15) is 0 Å². The zero-order chi connectivity index (χ0) is 14.7. The van der Waals surface area contributed by atoms with Gasteiger partial charge in [0.05, 0.1) is 5.69 Å². The van der Waals surface area contributed by atoms with Gasteiger partial charge in [0.1, 0.15) is 6.33 Å². The Labute approximate surface area is 123 Å². The van der Waals surface area contributed by atoms with Gasteiger partial charge in [-0.05, 0) is 65.2 Å². The molecule has 1 heterocycles. The molecule has 0 amide bonds. The molecule has 0 aliphatic carbocycles. The first-order chi connectivity index (χ1) is 10.2. The summed E-state index contributed by atoms with van der Waals surface area (Å²) in [5.74, 6) is 0. The van der Waals surface area contributed by atoms with Crippen LogP contribution in [0, 0.1) is 13.8 Å². The zero-order valence-electron chi connectivity index (χ0n) is 12.1. The molecule has 0 radical (unpaired) electrons. The number of anilines is 1. The molecular formula is C16H17N5. The fourth-order valence-corrected chi connectivity index (χ4v) is 2.21. The Bertz CT molecular complexity index is 717. The molecule has 5 nitrogen and oxygen atoms in total. The maximum atomic E-state index is 3.87. The molecule has 5 heteroatoms. The number of rotatable bonds is 4. The molecule has 0 saturated carbocycles. The predicted octanol–water partition coefficient (Wildman–Crippen LogP) is 2.89. The summed E-state index contributed by atoms with van der Waals surface area (Å²) in [5, 5.41) is 14.6. The Morgan fingerprint density at radius 2 is 1.86 bits per heavy atom. The van der Waals surface area contributed by atoms with Gasteiger partial charge in [-0.15, -0.1) is 5.10 Å². The van der Waals surface area contributed by atoms with Gasteiger partial charge in [0.25, 0.3) is 0 Å². The second kappa shape index (κ2) is 5.75. The lowest BCUT2D eigenvalue weighted by molar-refractivity contribution is 0.789. The minimum absolute atomic E-state index is 0.817. The van der Waals surface area contributed by atoms with E-state index in [0.29, 0.717) is 0 Å². The third-order valence-electron chi connectivity index (χ3n) is 3.68. The fraction of sp³-hybridized carbons (Fsp3) is 0.188. The van der Waals surface area contributed by atoms with Crippen LogP contribution in [0.5, 0.6) is 0 Å². The average molecular weight is 279 g/mol. The molecule has 0 aliphatic rings. The van der Waals surface area contributed by atoms with E-state index in [0.717, 1.165) is 17.9 Å². The number of aromatic nitrogens is 4. The van der Waals surface area contributed by atoms with Crippen molar-refractivity contribution in [3.63, 3.8) is 0 Å². The zero-order valence-corrected chi connectivity index (χ0v) is 12.1. The van der Waals surface area contributed by atoms with Crippen molar-refractivity contribution in [1.82, 2.24) is 20.2 Å². The fourth-order valence-electron chi connectivity index (χ4n) is 2.21. The first kappa shape index (κ1) is 13.3. The molecule has 106 valence electrons. The summed E-state index contributed by atoms with van der Waals surface area (Å²) in [4.78, 5) is 0. The van der Waals surface area contributed by atoms with Crippen molar-refractivity contribution < 1.29 is 0 Å². The van der Waals surface area contributed by atoms with Crippen LogP contribution < -0.4 is 5.32 Å². The number of tetrazole rings is 1. The van der Waals surface area contributed by atoms with E-state index in [4.69, 9.17) is 0 Å². The monoisotopic (exact) mass is 279 g/mol. The van der Waals surface area contributed by atoms with Crippen LogP contribution in [0.4, 0.5) is 5.69 Å². The minimum Gasteiger partial charge on any atom is -0.381 e. The number of nitrogens with zero attached hydrogens (tertiary/aromatic N) is 4. The Kier molecular flexibility index (Phi) is 3.64. The quantitative estimate of drug-likeness (QED) is 0.798. The lowest BCUT2D eigenvalue weighted by Crippen LogP contribution is -2.02. The SMILES string of the molecule is Cc1cccc(CNc2ccc(-n3cnnn3)cc2)c1C. The number of benzene rings is 2. The molecule has 3 aromatic rings. The van der Waals surface area contributed by atoms with Gasteiger partial charge in [-0.3, -0.25) is 0 Å². The molecule has 0 spiro atoms. The highest BCUT2D eigenvalue weighted by Gasteiger charge is 2.01. The van der Waals surface area contributed by atoms with Crippen molar-refractivity contribution in [2.75, 3.05) is 5.32 Å². The van der Waals surface area contributed by atoms with Crippen molar-refractivity contribution in [2.24, 2.45) is 0 Å². The molecule has 0 saturated heterocycles. The molecule has 2 aromatic carbocycles. The molecule has 0 bridgehead atoms. The topological polar surface area (TPSA) is 55.6 Å². The Morgan fingerprint density at radius 3 is 2.57 bits per heavy atom. The van der Waals surface area contributed by atoms with Gasteiger partial charge in [-0.1, -0.05) is 18.2 Å². The number of aryl methyl sites for hydroxylation is 1. The van der Waals surface area contributed by atoms with Crippen molar-refractivity contribution in [1.29, 1.82) is 0 Å². The molecule has 0 unspecified atom stereocenters. The van der Waals surface area contributed by atoms with Gasteiger partial charge < -0.3 is 5.32 Å². The summed E-state index contributed by atoms with van der Waals surface area (Å²) in [6.45, 7) is 5.12. The van der Waals surface area contributed by atoms with Crippen LogP contribution in [0.25, 0.3) is 5.69 Å². The van der Waals surface area contributed by atoms with E-state index in [9.17, 15) is 0 Å². The molecule has 1 N–H and O–H groups in total. The van der Waals surface area contributed by atoms with E-state index < -0.39 is 0 Å². The summed E-state index contributed by atoms with van der Waals surface area (Å²) < 4.78 is 1.63. The Balaban J connectivity index is 1.70. The molecule has 0 aliphatic heterocycles. The first-order valence-electron chi connectivity index (χ1n) is 6.86. The highest BCUT2D eigenvalue weighted by molar-refractivity contribution is 5.49. The van der Waals surface area contributed by atoms with Crippen molar-refractivity contribution in [3.05, 3.63) is 65.5 Å². The van der Waals surface area contributed by atoms with Crippen molar-refractivity contribution in [3.8, 4) is 5.69 Å². The Morgan fingerprint density at radius 1 is 1.05 bits per heavy atom. The van der Waals surface area contributed by atoms with Crippen LogP contribution >= 0.6 is 0 Å². The summed E-state index contributed by atoms with van der Waals surface area (Å²) in [5.41, 5.74) is 6.00. The summed E-state index contributed by atoms with van der Waals surface area (Å²) >= 11 is 0. The van der Waals surface area contributed by atoms with Gasteiger partial charge in [0.2, 0.25) is 0 Å². The molecule has 21 heavy (non-hydrogen) atoms.